The first-order chi connectivity index (χ1) is 15.1. The standard InChI is InChI=1S/C20H26F3N5O3S/c1-15-4-3-7-28(13-15)32(29,30)27-10-8-26(9-11-27)14-18-24-19(25-31-18)16-5-2-6-17(12-16)20(21,22)23/h2,5-6,12,15H,3-4,7-11,13-14H2,1H3. The minimum absolute atomic E-state index is 0.0894. The van der Waals surface area contributed by atoms with Gasteiger partial charge in [0.1, 0.15) is 0 Å². The number of hydrogen-bond acceptors (Lipinski definition) is 6. The van der Waals surface area contributed by atoms with Crippen LogP contribution in [0.15, 0.2) is 28.8 Å². The molecule has 2 aliphatic rings. The first-order valence-corrected chi connectivity index (χ1v) is 12.0. The highest BCUT2D eigenvalue weighted by Gasteiger charge is 2.35. The van der Waals surface area contributed by atoms with Crippen molar-refractivity contribution >= 4 is 10.2 Å². The predicted molar refractivity (Wildman–Crippen MR) is 110 cm³/mol. The van der Waals surface area contributed by atoms with E-state index in [0.29, 0.717) is 51.7 Å². The van der Waals surface area contributed by atoms with Crippen LogP contribution in [0.5, 0.6) is 0 Å². The van der Waals surface area contributed by atoms with Gasteiger partial charge < -0.3 is 4.52 Å². The fraction of sp³-hybridized carbons (Fsp3) is 0.600. The van der Waals surface area contributed by atoms with Gasteiger partial charge >= 0.3 is 6.18 Å². The zero-order valence-corrected chi connectivity index (χ0v) is 18.6. The van der Waals surface area contributed by atoms with Crippen molar-refractivity contribution < 1.29 is 26.1 Å². The molecular formula is C20H26F3N5O3S. The van der Waals surface area contributed by atoms with Crippen molar-refractivity contribution in [1.29, 1.82) is 0 Å². The largest absolute Gasteiger partial charge is 0.416 e. The fourth-order valence-electron chi connectivity index (χ4n) is 4.10. The molecule has 2 aromatic rings. The van der Waals surface area contributed by atoms with Crippen LogP contribution < -0.4 is 0 Å². The quantitative estimate of drug-likeness (QED) is 0.664. The Hall–Kier alpha value is -2.02. The molecule has 2 fully saturated rings. The summed E-state index contributed by atoms with van der Waals surface area (Å²) in [6.07, 6.45) is -2.52. The van der Waals surface area contributed by atoms with Crippen molar-refractivity contribution in [3.8, 4) is 11.4 Å². The zero-order chi connectivity index (χ0) is 22.9. The Balaban J connectivity index is 1.35. The third kappa shape index (κ3) is 5.13. The molecule has 1 aromatic heterocycles. The summed E-state index contributed by atoms with van der Waals surface area (Å²) in [5, 5.41) is 3.80. The molecule has 0 saturated carbocycles. The first-order valence-electron chi connectivity index (χ1n) is 10.6. The van der Waals surface area contributed by atoms with Crippen LogP contribution in [0, 0.1) is 5.92 Å². The number of halogens is 3. The van der Waals surface area contributed by atoms with Crippen LogP contribution in [0.25, 0.3) is 11.4 Å². The van der Waals surface area contributed by atoms with Crippen molar-refractivity contribution in [2.75, 3.05) is 39.3 Å². The van der Waals surface area contributed by atoms with E-state index >= 15 is 0 Å². The van der Waals surface area contributed by atoms with Crippen molar-refractivity contribution in [2.45, 2.75) is 32.5 Å². The van der Waals surface area contributed by atoms with Gasteiger partial charge in [-0.3, -0.25) is 4.90 Å². The molecule has 1 atom stereocenters. The molecule has 12 heteroatoms. The summed E-state index contributed by atoms with van der Waals surface area (Å²) in [5.41, 5.74) is -0.553. The molecular weight excluding hydrogens is 447 g/mol. The van der Waals surface area contributed by atoms with Crippen LogP contribution >= 0.6 is 0 Å². The number of alkyl halides is 3. The second-order valence-electron chi connectivity index (χ2n) is 8.38. The maximum absolute atomic E-state index is 12.9. The van der Waals surface area contributed by atoms with E-state index in [0.717, 1.165) is 25.0 Å². The molecule has 32 heavy (non-hydrogen) atoms. The van der Waals surface area contributed by atoms with E-state index in [9.17, 15) is 21.6 Å². The van der Waals surface area contributed by atoms with Crippen LogP contribution in [0.4, 0.5) is 13.2 Å². The van der Waals surface area contributed by atoms with Crippen LogP contribution in [-0.4, -0.2) is 71.3 Å². The summed E-state index contributed by atoms with van der Waals surface area (Å²) in [4.78, 5) is 6.21. The summed E-state index contributed by atoms with van der Waals surface area (Å²) in [7, 11) is -3.47. The number of piperidine rings is 1. The lowest BCUT2D eigenvalue weighted by Crippen LogP contribution is -2.54. The zero-order valence-electron chi connectivity index (χ0n) is 17.8. The molecule has 1 aromatic carbocycles. The molecule has 2 saturated heterocycles. The maximum Gasteiger partial charge on any atom is 0.416 e. The Kier molecular flexibility index (Phi) is 6.57. The number of rotatable bonds is 5. The molecule has 8 nitrogen and oxygen atoms in total. The molecule has 176 valence electrons. The third-order valence-electron chi connectivity index (χ3n) is 5.88. The maximum atomic E-state index is 12.9. The summed E-state index contributed by atoms with van der Waals surface area (Å²) >= 11 is 0. The van der Waals surface area contributed by atoms with Gasteiger partial charge in [-0.05, 0) is 30.9 Å². The third-order valence-corrected chi connectivity index (χ3v) is 7.88. The summed E-state index contributed by atoms with van der Waals surface area (Å²) in [6.45, 7) is 5.23. The van der Waals surface area contributed by atoms with E-state index in [1.54, 1.807) is 4.31 Å². The normalized spacial score (nSPS) is 22.3. The molecule has 0 N–H and O–H groups in total. The fourth-order valence-corrected chi connectivity index (χ4v) is 5.85. The monoisotopic (exact) mass is 473 g/mol. The van der Waals surface area contributed by atoms with E-state index in [1.165, 1.54) is 16.4 Å². The van der Waals surface area contributed by atoms with Crippen LogP contribution in [0.1, 0.15) is 31.2 Å². The Morgan fingerprint density at radius 1 is 1.12 bits per heavy atom. The average Bonchev–Trinajstić information content (AvgIpc) is 3.22. The van der Waals surface area contributed by atoms with E-state index in [2.05, 4.69) is 17.1 Å². The molecule has 0 spiro atoms. The number of hydrogen-bond donors (Lipinski definition) is 0. The molecule has 2 aliphatic heterocycles. The second-order valence-corrected chi connectivity index (χ2v) is 10.3. The molecule has 1 unspecified atom stereocenters. The molecule has 0 bridgehead atoms. The Bertz CT molecular complexity index is 1040. The lowest BCUT2D eigenvalue weighted by Gasteiger charge is -2.38. The number of aromatic nitrogens is 2. The van der Waals surface area contributed by atoms with Crippen LogP contribution in [0.3, 0.4) is 0 Å². The highest BCUT2D eigenvalue weighted by Crippen LogP contribution is 2.31. The minimum Gasteiger partial charge on any atom is -0.338 e. The predicted octanol–water partition coefficient (Wildman–Crippen LogP) is 2.85. The Labute approximate surface area is 185 Å². The topological polar surface area (TPSA) is 82.8 Å². The van der Waals surface area contributed by atoms with Gasteiger partial charge in [0.05, 0.1) is 12.1 Å². The van der Waals surface area contributed by atoms with Gasteiger partial charge in [0.15, 0.2) is 0 Å². The van der Waals surface area contributed by atoms with E-state index < -0.39 is 21.9 Å². The Morgan fingerprint density at radius 2 is 1.88 bits per heavy atom. The summed E-state index contributed by atoms with van der Waals surface area (Å²) < 4.78 is 73.0. The van der Waals surface area contributed by atoms with Gasteiger partial charge in [-0.1, -0.05) is 24.2 Å². The lowest BCUT2D eigenvalue weighted by molar-refractivity contribution is -0.137. The molecule has 4 rings (SSSR count). The van der Waals surface area contributed by atoms with Gasteiger partial charge in [-0.15, -0.1) is 0 Å². The molecule has 0 amide bonds. The highest BCUT2D eigenvalue weighted by atomic mass is 32.2. The summed E-state index contributed by atoms with van der Waals surface area (Å²) in [6, 6.07) is 4.77. The van der Waals surface area contributed by atoms with E-state index in [-0.39, 0.29) is 17.3 Å². The minimum atomic E-state index is -4.45. The lowest BCUT2D eigenvalue weighted by atomic mass is 10.0. The smallest absolute Gasteiger partial charge is 0.338 e. The van der Waals surface area contributed by atoms with Crippen LogP contribution in [0.2, 0.25) is 0 Å². The second kappa shape index (κ2) is 9.08. The number of benzene rings is 1. The van der Waals surface area contributed by atoms with E-state index in [4.69, 9.17) is 4.52 Å². The SMILES string of the molecule is CC1CCCN(S(=O)(=O)N2CCN(Cc3nc(-c4cccc(C(F)(F)F)c4)no3)CC2)C1. The van der Waals surface area contributed by atoms with Gasteiger partial charge in [0, 0.05) is 44.8 Å². The van der Waals surface area contributed by atoms with Crippen molar-refractivity contribution in [2.24, 2.45) is 5.92 Å². The van der Waals surface area contributed by atoms with E-state index in [1.807, 2.05) is 4.90 Å². The Morgan fingerprint density at radius 3 is 2.56 bits per heavy atom. The number of piperazine rings is 1. The number of nitrogens with zero attached hydrogens (tertiary/aromatic N) is 5. The first kappa shape index (κ1) is 23.1. The summed E-state index contributed by atoms with van der Waals surface area (Å²) in [5.74, 6) is 0.730. The van der Waals surface area contributed by atoms with Gasteiger partial charge in [-0.25, -0.2) is 0 Å². The molecule has 3 heterocycles. The highest BCUT2D eigenvalue weighted by molar-refractivity contribution is 7.86. The van der Waals surface area contributed by atoms with Gasteiger partial charge in [-0.2, -0.15) is 35.2 Å². The van der Waals surface area contributed by atoms with Gasteiger partial charge in [0.25, 0.3) is 10.2 Å². The van der Waals surface area contributed by atoms with Crippen molar-refractivity contribution in [3.63, 3.8) is 0 Å². The van der Waals surface area contributed by atoms with Crippen molar-refractivity contribution in [3.05, 3.63) is 35.7 Å². The van der Waals surface area contributed by atoms with Crippen molar-refractivity contribution in [1.82, 2.24) is 23.7 Å². The molecule has 0 aliphatic carbocycles. The van der Waals surface area contributed by atoms with Crippen LogP contribution in [-0.2, 0) is 22.9 Å². The average molecular weight is 474 g/mol. The van der Waals surface area contributed by atoms with Gasteiger partial charge in [0.2, 0.25) is 11.7 Å². The molecule has 0 radical (unpaired) electrons.